The summed E-state index contributed by atoms with van der Waals surface area (Å²) >= 11 is 0. The molecule has 0 atom stereocenters. The summed E-state index contributed by atoms with van der Waals surface area (Å²) in [7, 11) is 0. The van der Waals surface area contributed by atoms with E-state index in [4.69, 9.17) is 13.6 Å². The molecule has 152 valence electrons. The van der Waals surface area contributed by atoms with E-state index in [2.05, 4.69) is 0 Å². The fourth-order valence-electron chi connectivity index (χ4n) is 2.72. The van der Waals surface area contributed by atoms with Crippen molar-refractivity contribution < 1.29 is 27.9 Å². The standard InChI is InChI=1S/C22H21FO6/c1-2-3-10-27-21-18(25)12-17(13-24)29-22(21)20(26)19-9-8-16(28-19)11-14-4-6-15(23)7-5-14/h4-9,12,24H,2-3,10-11,13H2,1H3. The number of carbonyl (C=O) groups is 1. The summed E-state index contributed by atoms with van der Waals surface area (Å²) in [6.45, 7) is 1.70. The normalized spacial score (nSPS) is 10.9. The van der Waals surface area contributed by atoms with E-state index in [-0.39, 0.29) is 35.5 Å². The van der Waals surface area contributed by atoms with Crippen molar-refractivity contribution in [2.24, 2.45) is 0 Å². The van der Waals surface area contributed by atoms with E-state index in [1.165, 1.54) is 18.2 Å². The summed E-state index contributed by atoms with van der Waals surface area (Å²) in [5.74, 6) is -1.07. The van der Waals surface area contributed by atoms with Crippen LogP contribution in [-0.2, 0) is 13.0 Å². The lowest BCUT2D eigenvalue weighted by molar-refractivity contribution is 0.0964. The lowest BCUT2D eigenvalue weighted by Gasteiger charge is -2.09. The van der Waals surface area contributed by atoms with Crippen LogP contribution in [0.1, 0.15) is 53.2 Å². The van der Waals surface area contributed by atoms with Crippen molar-refractivity contribution in [1.82, 2.24) is 0 Å². The van der Waals surface area contributed by atoms with Gasteiger partial charge in [0.2, 0.25) is 16.9 Å². The van der Waals surface area contributed by atoms with Gasteiger partial charge in [0.25, 0.3) is 5.78 Å². The number of aliphatic hydroxyl groups is 1. The van der Waals surface area contributed by atoms with Gasteiger partial charge in [0.05, 0.1) is 6.61 Å². The van der Waals surface area contributed by atoms with Gasteiger partial charge in [-0.25, -0.2) is 4.39 Å². The van der Waals surface area contributed by atoms with Crippen LogP contribution in [0.3, 0.4) is 0 Å². The van der Waals surface area contributed by atoms with Gasteiger partial charge < -0.3 is 18.7 Å². The highest BCUT2D eigenvalue weighted by atomic mass is 19.1. The molecule has 0 aliphatic heterocycles. The average Bonchev–Trinajstić information content (AvgIpc) is 3.18. The predicted molar refractivity (Wildman–Crippen MR) is 103 cm³/mol. The zero-order valence-corrected chi connectivity index (χ0v) is 15.9. The summed E-state index contributed by atoms with van der Waals surface area (Å²) < 4.78 is 29.5. The van der Waals surface area contributed by atoms with Gasteiger partial charge in [-0.05, 0) is 36.2 Å². The van der Waals surface area contributed by atoms with Crippen molar-refractivity contribution in [1.29, 1.82) is 0 Å². The van der Waals surface area contributed by atoms with Gasteiger partial charge in [-0.2, -0.15) is 0 Å². The summed E-state index contributed by atoms with van der Waals surface area (Å²) in [5, 5.41) is 9.30. The minimum absolute atomic E-state index is 0.0271. The monoisotopic (exact) mass is 400 g/mol. The predicted octanol–water partition coefficient (Wildman–Crippen LogP) is 3.86. The number of rotatable bonds is 9. The van der Waals surface area contributed by atoms with Crippen molar-refractivity contribution in [3.05, 3.63) is 87.1 Å². The maximum absolute atomic E-state index is 13.0. The van der Waals surface area contributed by atoms with Crippen LogP contribution in [0, 0.1) is 5.82 Å². The smallest absolute Gasteiger partial charge is 0.267 e. The Morgan fingerprint density at radius 3 is 2.55 bits per heavy atom. The van der Waals surface area contributed by atoms with Crippen LogP contribution >= 0.6 is 0 Å². The van der Waals surface area contributed by atoms with Gasteiger partial charge in [0.1, 0.15) is 23.9 Å². The van der Waals surface area contributed by atoms with Crippen molar-refractivity contribution in [3.8, 4) is 5.75 Å². The van der Waals surface area contributed by atoms with Gasteiger partial charge in [-0.3, -0.25) is 9.59 Å². The number of unbranched alkanes of at least 4 members (excludes halogenated alkanes) is 1. The molecule has 1 aromatic carbocycles. The van der Waals surface area contributed by atoms with E-state index in [0.717, 1.165) is 18.1 Å². The third-order valence-electron chi connectivity index (χ3n) is 4.24. The molecule has 0 unspecified atom stereocenters. The molecule has 6 nitrogen and oxygen atoms in total. The summed E-state index contributed by atoms with van der Waals surface area (Å²) in [5.41, 5.74) is 0.273. The van der Waals surface area contributed by atoms with E-state index < -0.39 is 17.8 Å². The second-order valence-electron chi connectivity index (χ2n) is 6.49. The summed E-state index contributed by atoms with van der Waals surface area (Å²) in [4.78, 5) is 25.2. The Morgan fingerprint density at radius 2 is 1.86 bits per heavy atom. The highest BCUT2D eigenvalue weighted by molar-refractivity contribution is 6.06. The lowest BCUT2D eigenvalue weighted by Crippen LogP contribution is -2.16. The molecule has 0 bridgehead atoms. The fraction of sp³-hybridized carbons (Fsp3) is 0.273. The first-order valence-electron chi connectivity index (χ1n) is 9.30. The number of ketones is 1. The Kier molecular flexibility index (Phi) is 6.61. The maximum Gasteiger partial charge on any atom is 0.267 e. The van der Waals surface area contributed by atoms with Crippen LogP contribution in [0.15, 0.2) is 56.1 Å². The average molecular weight is 400 g/mol. The molecular formula is C22H21FO6. The highest BCUT2D eigenvalue weighted by Gasteiger charge is 2.25. The van der Waals surface area contributed by atoms with Gasteiger partial charge in [0.15, 0.2) is 5.76 Å². The van der Waals surface area contributed by atoms with Crippen molar-refractivity contribution >= 4 is 5.78 Å². The van der Waals surface area contributed by atoms with Gasteiger partial charge in [-0.1, -0.05) is 25.5 Å². The Hall–Kier alpha value is -3.19. The van der Waals surface area contributed by atoms with E-state index in [1.54, 1.807) is 18.2 Å². The topological polar surface area (TPSA) is 89.9 Å². The molecule has 2 heterocycles. The van der Waals surface area contributed by atoms with Gasteiger partial charge in [-0.15, -0.1) is 0 Å². The number of benzene rings is 1. The van der Waals surface area contributed by atoms with Crippen LogP contribution < -0.4 is 10.2 Å². The van der Waals surface area contributed by atoms with Crippen molar-refractivity contribution in [2.45, 2.75) is 32.8 Å². The molecule has 2 aromatic heterocycles. The molecule has 0 saturated carbocycles. The summed E-state index contributed by atoms with van der Waals surface area (Å²) in [6, 6.07) is 10.1. The molecule has 29 heavy (non-hydrogen) atoms. The molecule has 0 aliphatic carbocycles. The number of ether oxygens (including phenoxy) is 1. The first kappa shape index (κ1) is 20.5. The second-order valence-corrected chi connectivity index (χ2v) is 6.49. The Labute approximate surface area is 166 Å². The molecular weight excluding hydrogens is 379 g/mol. The van der Waals surface area contributed by atoms with Crippen LogP contribution in [-0.4, -0.2) is 17.5 Å². The first-order valence-corrected chi connectivity index (χ1v) is 9.30. The van der Waals surface area contributed by atoms with Crippen LogP contribution in [0.5, 0.6) is 5.75 Å². The number of furan rings is 1. The Balaban J connectivity index is 1.87. The van der Waals surface area contributed by atoms with Crippen LogP contribution in [0.4, 0.5) is 4.39 Å². The molecule has 0 saturated heterocycles. The SMILES string of the molecule is CCCCOc1c(C(=O)c2ccc(Cc3ccc(F)cc3)o2)oc(CO)cc1=O. The minimum atomic E-state index is -0.658. The minimum Gasteiger partial charge on any atom is -0.486 e. The zero-order chi connectivity index (χ0) is 20.8. The number of aliphatic hydroxyl groups excluding tert-OH is 1. The van der Waals surface area contributed by atoms with E-state index >= 15 is 0 Å². The number of hydrogen-bond acceptors (Lipinski definition) is 6. The van der Waals surface area contributed by atoms with Gasteiger partial charge >= 0.3 is 0 Å². The molecule has 1 N–H and O–H groups in total. The number of carbonyl (C=O) groups excluding carboxylic acids is 1. The molecule has 3 aromatic rings. The highest BCUT2D eigenvalue weighted by Crippen LogP contribution is 2.22. The van der Waals surface area contributed by atoms with E-state index in [0.29, 0.717) is 18.6 Å². The quantitative estimate of drug-likeness (QED) is 0.433. The second kappa shape index (κ2) is 9.34. The number of halogens is 1. The maximum atomic E-state index is 13.0. The largest absolute Gasteiger partial charge is 0.486 e. The third-order valence-corrected chi connectivity index (χ3v) is 4.24. The third kappa shape index (κ3) is 5.00. The zero-order valence-electron chi connectivity index (χ0n) is 15.9. The van der Waals surface area contributed by atoms with E-state index in [1.807, 2.05) is 6.92 Å². The molecule has 0 radical (unpaired) electrons. The molecule has 0 aliphatic rings. The van der Waals surface area contributed by atoms with Crippen molar-refractivity contribution in [3.63, 3.8) is 0 Å². The van der Waals surface area contributed by atoms with E-state index in [9.17, 15) is 19.1 Å². The van der Waals surface area contributed by atoms with Crippen LogP contribution in [0.2, 0.25) is 0 Å². The number of hydrogen-bond donors (Lipinski definition) is 1. The van der Waals surface area contributed by atoms with Crippen LogP contribution in [0.25, 0.3) is 0 Å². The first-order chi connectivity index (χ1) is 14.0. The lowest BCUT2D eigenvalue weighted by atomic mass is 10.1. The van der Waals surface area contributed by atoms with Crippen molar-refractivity contribution in [2.75, 3.05) is 6.61 Å². The Bertz CT molecular complexity index is 1030. The summed E-state index contributed by atoms with van der Waals surface area (Å²) in [6.07, 6.45) is 1.93. The van der Waals surface area contributed by atoms with Gasteiger partial charge in [0, 0.05) is 12.5 Å². The molecule has 7 heteroatoms. The Morgan fingerprint density at radius 1 is 1.10 bits per heavy atom. The fourth-order valence-corrected chi connectivity index (χ4v) is 2.72. The molecule has 0 spiro atoms. The molecule has 0 fully saturated rings. The molecule has 0 amide bonds. The molecule has 3 rings (SSSR count).